The van der Waals surface area contributed by atoms with Gasteiger partial charge in [-0.3, -0.25) is 4.79 Å². The predicted octanol–water partition coefficient (Wildman–Crippen LogP) is 4.13. The van der Waals surface area contributed by atoms with Crippen molar-refractivity contribution in [3.8, 4) is 0 Å². The van der Waals surface area contributed by atoms with Crippen LogP contribution >= 0.6 is 0 Å². The highest BCUT2D eigenvalue weighted by atomic mass is 32.2. The topological polar surface area (TPSA) is 66.5 Å². The number of carbonyl (C=O) groups is 1. The fourth-order valence-corrected chi connectivity index (χ4v) is 5.31. The molecule has 0 aromatic heterocycles. The Morgan fingerprint density at radius 1 is 1.07 bits per heavy atom. The van der Waals surface area contributed by atoms with Gasteiger partial charge >= 0.3 is 0 Å². The number of halogens is 1. The molecule has 0 radical (unpaired) electrons. The lowest BCUT2D eigenvalue weighted by atomic mass is 9.93. The molecule has 1 atom stereocenters. The molecule has 0 aliphatic carbocycles. The van der Waals surface area contributed by atoms with E-state index in [0.717, 1.165) is 24.1 Å². The summed E-state index contributed by atoms with van der Waals surface area (Å²) in [5, 5.41) is 3.18. The molecular formula is C23H29FN2O3S. The zero-order valence-electron chi connectivity index (χ0n) is 17.4. The van der Waals surface area contributed by atoms with E-state index in [1.807, 2.05) is 30.3 Å². The molecule has 1 fully saturated rings. The first-order valence-corrected chi connectivity index (χ1v) is 11.8. The van der Waals surface area contributed by atoms with Crippen LogP contribution in [0.25, 0.3) is 0 Å². The van der Waals surface area contributed by atoms with Gasteiger partial charge in [-0.25, -0.2) is 12.8 Å². The number of nitrogens with one attached hydrogen (secondary N) is 1. The lowest BCUT2D eigenvalue weighted by Crippen LogP contribution is -2.43. The average molecular weight is 433 g/mol. The molecule has 1 aliphatic heterocycles. The summed E-state index contributed by atoms with van der Waals surface area (Å²) in [5.74, 6) is -0.289. The van der Waals surface area contributed by atoms with E-state index in [4.69, 9.17) is 0 Å². The van der Waals surface area contributed by atoms with E-state index in [2.05, 4.69) is 19.2 Å². The molecule has 1 saturated heterocycles. The number of benzene rings is 2. The van der Waals surface area contributed by atoms with Crippen molar-refractivity contribution in [2.45, 2.75) is 44.0 Å². The zero-order valence-corrected chi connectivity index (χ0v) is 18.2. The summed E-state index contributed by atoms with van der Waals surface area (Å²) in [4.78, 5) is 13.0. The van der Waals surface area contributed by atoms with Gasteiger partial charge in [-0.05, 0) is 55.0 Å². The molecule has 3 rings (SSSR count). The van der Waals surface area contributed by atoms with E-state index >= 15 is 0 Å². The lowest BCUT2D eigenvalue weighted by Gasteiger charge is -2.32. The maximum absolute atomic E-state index is 13.1. The number of carbonyl (C=O) groups excluding carboxylic acids is 1. The number of amides is 1. The van der Waals surface area contributed by atoms with Crippen molar-refractivity contribution in [3.63, 3.8) is 0 Å². The van der Waals surface area contributed by atoms with Crippen LogP contribution in [-0.2, 0) is 14.8 Å². The highest BCUT2D eigenvalue weighted by Crippen LogP contribution is 2.26. The maximum Gasteiger partial charge on any atom is 0.243 e. The van der Waals surface area contributed by atoms with Crippen molar-refractivity contribution in [2.75, 3.05) is 13.1 Å². The highest BCUT2D eigenvalue weighted by molar-refractivity contribution is 7.89. The summed E-state index contributed by atoms with van der Waals surface area (Å²) >= 11 is 0. The first-order chi connectivity index (χ1) is 14.3. The van der Waals surface area contributed by atoms with Gasteiger partial charge in [0.15, 0.2) is 0 Å². The van der Waals surface area contributed by atoms with Gasteiger partial charge in [0.25, 0.3) is 0 Å². The Kier molecular flexibility index (Phi) is 7.26. The predicted molar refractivity (Wildman–Crippen MR) is 115 cm³/mol. The standard InChI is InChI=1S/C23H29FN2O3S/c1-17(2)16-22(18-6-4-3-5-7-18)25-23(27)19-12-14-26(15-13-19)30(28,29)21-10-8-20(24)9-11-21/h3-11,17,19,22H,12-16H2,1-2H3,(H,25,27). The molecular weight excluding hydrogens is 403 g/mol. The Labute approximate surface area is 178 Å². The van der Waals surface area contributed by atoms with Crippen LogP contribution in [0.2, 0.25) is 0 Å². The van der Waals surface area contributed by atoms with Crippen molar-refractivity contribution in [1.82, 2.24) is 9.62 Å². The maximum atomic E-state index is 13.1. The molecule has 0 saturated carbocycles. The summed E-state index contributed by atoms with van der Waals surface area (Å²) in [7, 11) is -3.67. The van der Waals surface area contributed by atoms with E-state index in [1.165, 1.54) is 16.4 Å². The molecule has 5 nitrogen and oxygen atoms in total. The van der Waals surface area contributed by atoms with Crippen LogP contribution in [0, 0.1) is 17.7 Å². The number of hydrogen-bond donors (Lipinski definition) is 1. The molecule has 7 heteroatoms. The van der Waals surface area contributed by atoms with Crippen molar-refractivity contribution in [3.05, 3.63) is 66.0 Å². The van der Waals surface area contributed by atoms with Crippen molar-refractivity contribution < 1.29 is 17.6 Å². The minimum absolute atomic E-state index is 0.0247. The van der Waals surface area contributed by atoms with E-state index in [0.29, 0.717) is 18.8 Å². The number of hydrogen-bond acceptors (Lipinski definition) is 3. The molecule has 162 valence electrons. The SMILES string of the molecule is CC(C)CC(NC(=O)C1CCN(S(=O)(=O)c2ccc(F)cc2)CC1)c1ccccc1. The van der Waals surface area contributed by atoms with Crippen LogP contribution in [0.1, 0.15) is 44.7 Å². The van der Waals surface area contributed by atoms with Gasteiger partial charge in [0.05, 0.1) is 10.9 Å². The minimum atomic E-state index is -3.67. The Balaban J connectivity index is 1.62. The third-order valence-electron chi connectivity index (χ3n) is 5.50. The number of nitrogens with zero attached hydrogens (tertiary/aromatic N) is 1. The van der Waals surface area contributed by atoms with Gasteiger partial charge in [0.2, 0.25) is 15.9 Å². The summed E-state index contributed by atoms with van der Waals surface area (Å²) in [5.41, 5.74) is 1.08. The third-order valence-corrected chi connectivity index (χ3v) is 7.41. The Morgan fingerprint density at radius 3 is 2.23 bits per heavy atom. The first kappa shape index (κ1) is 22.4. The fourth-order valence-electron chi connectivity index (χ4n) is 3.84. The molecule has 2 aromatic carbocycles. The summed E-state index contributed by atoms with van der Waals surface area (Å²) < 4.78 is 40.0. The zero-order chi connectivity index (χ0) is 21.7. The first-order valence-electron chi connectivity index (χ1n) is 10.4. The van der Waals surface area contributed by atoms with E-state index in [1.54, 1.807) is 0 Å². The van der Waals surface area contributed by atoms with Crippen molar-refractivity contribution >= 4 is 15.9 Å². The Bertz CT molecular complexity index is 938. The van der Waals surface area contributed by atoms with Crippen LogP contribution in [0.15, 0.2) is 59.5 Å². The Morgan fingerprint density at radius 2 is 1.67 bits per heavy atom. The smallest absolute Gasteiger partial charge is 0.243 e. The molecule has 2 aromatic rings. The van der Waals surface area contributed by atoms with Crippen LogP contribution in [0.3, 0.4) is 0 Å². The van der Waals surface area contributed by atoms with Crippen LogP contribution < -0.4 is 5.32 Å². The molecule has 0 spiro atoms. The molecule has 1 unspecified atom stereocenters. The lowest BCUT2D eigenvalue weighted by molar-refractivity contribution is -0.127. The molecule has 1 aliphatic rings. The van der Waals surface area contributed by atoms with Crippen LogP contribution in [0.5, 0.6) is 0 Å². The van der Waals surface area contributed by atoms with E-state index in [-0.39, 0.29) is 35.9 Å². The number of sulfonamides is 1. The van der Waals surface area contributed by atoms with Gasteiger partial charge in [-0.1, -0.05) is 44.2 Å². The highest BCUT2D eigenvalue weighted by Gasteiger charge is 2.33. The van der Waals surface area contributed by atoms with Crippen LogP contribution in [-0.4, -0.2) is 31.7 Å². The van der Waals surface area contributed by atoms with Gasteiger partial charge in [0, 0.05) is 19.0 Å². The second kappa shape index (κ2) is 9.71. The van der Waals surface area contributed by atoms with Gasteiger partial charge in [-0.2, -0.15) is 4.31 Å². The van der Waals surface area contributed by atoms with Crippen molar-refractivity contribution in [2.24, 2.45) is 11.8 Å². The molecule has 30 heavy (non-hydrogen) atoms. The Hall–Kier alpha value is -2.25. The van der Waals surface area contributed by atoms with Gasteiger partial charge in [-0.15, -0.1) is 0 Å². The third kappa shape index (κ3) is 5.46. The summed E-state index contributed by atoms with van der Waals surface area (Å²) in [6, 6.07) is 14.7. The number of piperidine rings is 1. The van der Waals surface area contributed by atoms with E-state index < -0.39 is 15.8 Å². The monoisotopic (exact) mass is 432 g/mol. The second-order valence-electron chi connectivity index (χ2n) is 8.23. The minimum Gasteiger partial charge on any atom is -0.349 e. The fraction of sp³-hybridized carbons (Fsp3) is 0.435. The molecule has 0 bridgehead atoms. The summed E-state index contributed by atoms with van der Waals surface area (Å²) in [6.45, 7) is 4.80. The quantitative estimate of drug-likeness (QED) is 0.715. The van der Waals surface area contributed by atoms with E-state index in [9.17, 15) is 17.6 Å². The average Bonchev–Trinajstić information content (AvgIpc) is 2.74. The van der Waals surface area contributed by atoms with Crippen molar-refractivity contribution in [1.29, 1.82) is 0 Å². The second-order valence-corrected chi connectivity index (χ2v) is 10.2. The molecule has 1 N–H and O–H groups in total. The number of rotatable bonds is 7. The molecule has 1 amide bonds. The summed E-state index contributed by atoms with van der Waals surface area (Å²) in [6.07, 6.45) is 1.78. The van der Waals surface area contributed by atoms with Gasteiger partial charge in [0.1, 0.15) is 5.82 Å². The van der Waals surface area contributed by atoms with Crippen LogP contribution in [0.4, 0.5) is 4.39 Å². The molecule has 1 heterocycles. The largest absolute Gasteiger partial charge is 0.349 e. The normalized spacial score (nSPS) is 17.1. The van der Waals surface area contributed by atoms with Gasteiger partial charge < -0.3 is 5.32 Å².